The first-order valence-corrected chi connectivity index (χ1v) is 11.0. The van der Waals surface area contributed by atoms with Crippen LogP contribution in [0.1, 0.15) is 41.3 Å². The second-order valence-electron chi connectivity index (χ2n) is 7.00. The molecule has 0 saturated heterocycles. The smallest absolute Gasteiger partial charge is 0.336 e. The maximum atomic E-state index is 13.4. The topological polar surface area (TPSA) is 64.6 Å². The van der Waals surface area contributed by atoms with Crippen LogP contribution in [-0.4, -0.2) is 25.5 Å². The molecule has 1 aliphatic heterocycles. The van der Waals surface area contributed by atoms with E-state index < -0.39 is 11.9 Å². The van der Waals surface area contributed by atoms with Gasteiger partial charge in [0.15, 0.2) is 5.78 Å². The van der Waals surface area contributed by atoms with Gasteiger partial charge in [0.05, 0.1) is 33.9 Å². The number of carbonyl (C=O) groups is 2. The Hall–Kier alpha value is -2.38. The summed E-state index contributed by atoms with van der Waals surface area (Å²) >= 11 is 7.13. The summed E-state index contributed by atoms with van der Waals surface area (Å²) < 4.78 is 12.2. The fraction of sp³-hybridized carbons (Fsp3) is 0.217. The molecule has 4 rings (SSSR count). The third-order valence-corrected chi connectivity index (χ3v) is 6.47. The molecule has 0 aromatic heterocycles. The first kappa shape index (κ1) is 20.9. The van der Waals surface area contributed by atoms with Gasteiger partial charge in [-0.25, -0.2) is 4.79 Å². The van der Waals surface area contributed by atoms with E-state index in [9.17, 15) is 9.59 Å². The Bertz CT molecular complexity index is 1130. The van der Waals surface area contributed by atoms with Crippen LogP contribution in [0.15, 0.2) is 62.2 Å². The van der Waals surface area contributed by atoms with Crippen molar-refractivity contribution in [1.29, 1.82) is 0 Å². The summed E-state index contributed by atoms with van der Waals surface area (Å²) in [6, 6.07) is 11.3. The van der Waals surface area contributed by atoms with Gasteiger partial charge in [0, 0.05) is 28.3 Å². The van der Waals surface area contributed by atoms with Crippen molar-refractivity contribution < 1.29 is 19.1 Å². The standard InChI is InChI=1S/C23H19Br2NO4/c1-4-30-22-15(24)9-12(10-16(22)25)18-17(23(28)29-3)11(2)26-20-13-7-5-6-8-14(13)21(27)19(18)20/h5-10,18,26H,4H2,1-3H3/t18-/m0/s1. The van der Waals surface area contributed by atoms with E-state index in [1.807, 2.05) is 50.2 Å². The summed E-state index contributed by atoms with van der Waals surface area (Å²) in [6.07, 6.45) is 0. The van der Waals surface area contributed by atoms with Crippen LogP contribution in [0.25, 0.3) is 5.70 Å². The summed E-state index contributed by atoms with van der Waals surface area (Å²) in [7, 11) is 1.35. The lowest BCUT2D eigenvalue weighted by atomic mass is 9.80. The highest BCUT2D eigenvalue weighted by Gasteiger charge is 2.43. The van der Waals surface area contributed by atoms with Crippen molar-refractivity contribution in [3.63, 3.8) is 0 Å². The molecule has 1 heterocycles. The summed E-state index contributed by atoms with van der Waals surface area (Å²) in [5.74, 6) is -0.461. The number of benzene rings is 2. The first-order valence-electron chi connectivity index (χ1n) is 9.45. The predicted octanol–water partition coefficient (Wildman–Crippen LogP) is 5.35. The molecule has 1 N–H and O–H groups in total. The lowest BCUT2D eigenvalue weighted by Crippen LogP contribution is -2.29. The van der Waals surface area contributed by atoms with Crippen molar-refractivity contribution in [3.05, 3.63) is 78.9 Å². The van der Waals surface area contributed by atoms with E-state index in [2.05, 4.69) is 37.2 Å². The third kappa shape index (κ3) is 3.20. The zero-order valence-corrected chi connectivity index (χ0v) is 19.8. The van der Waals surface area contributed by atoms with Crippen LogP contribution < -0.4 is 10.1 Å². The Labute approximate surface area is 191 Å². The fourth-order valence-electron chi connectivity index (χ4n) is 4.07. The summed E-state index contributed by atoms with van der Waals surface area (Å²) in [4.78, 5) is 26.2. The molecule has 154 valence electrons. The molecule has 1 aliphatic carbocycles. The Morgan fingerprint density at radius 1 is 1.13 bits per heavy atom. The van der Waals surface area contributed by atoms with Gasteiger partial charge in [0.25, 0.3) is 0 Å². The van der Waals surface area contributed by atoms with Crippen molar-refractivity contribution in [2.45, 2.75) is 19.8 Å². The summed E-state index contributed by atoms with van der Waals surface area (Å²) in [5.41, 5.74) is 4.62. The molecule has 1 atom stereocenters. The average Bonchev–Trinajstić information content (AvgIpc) is 3.01. The molecule has 0 saturated carbocycles. The Balaban J connectivity index is 1.95. The number of halogens is 2. The Morgan fingerprint density at radius 3 is 2.37 bits per heavy atom. The summed E-state index contributed by atoms with van der Waals surface area (Å²) in [5, 5.41) is 3.28. The van der Waals surface area contributed by atoms with E-state index in [0.29, 0.717) is 34.8 Å². The zero-order valence-electron chi connectivity index (χ0n) is 16.6. The van der Waals surface area contributed by atoms with Crippen LogP contribution in [0.4, 0.5) is 0 Å². The largest absolute Gasteiger partial charge is 0.492 e. The average molecular weight is 533 g/mol. The monoisotopic (exact) mass is 531 g/mol. The predicted molar refractivity (Wildman–Crippen MR) is 121 cm³/mol. The number of methoxy groups -OCH3 is 1. The molecular weight excluding hydrogens is 514 g/mol. The number of allylic oxidation sites excluding steroid dienone is 2. The molecule has 0 unspecified atom stereocenters. The van der Waals surface area contributed by atoms with Gasteiger partial charge in [0.1, 0.15) is 5.75 Å². The summed E-state index contributed by atoms with van der Waals surface area (Å²) in [6.45, 7) is 4.25. The van der Waals surface area contributed by atoms with Gasteiger partial charge in [-0.15, -0.1) is 0 Å². The van der Waals surface area contributed by atoms with Crippen molar-refractivity contribution >= 4 is 49.3 Å². The molecule has 0 amide bonds. The number of ketones is 1. The van der Waals surface area contributed by atoms with Crippen molar-refractivity contribution in [3.8, 4) is 5.75 Å². The number of fused-ring (bicyclic) bond motifs is 2. The first-order chi connectivity index (χ1) is 14.4. The van der Waals surface area contributed by atoms with Gasteiger partial charge in [-0.05, 0) is 63.4 Å². The van der Waals surface area contributed by atoms with Gasteiger partial charge in [-0.2, -0.15) is 0 Å². The minimum absolute atomic E-state index is 0.0897. The van der Waals surface area contributed by atoms with Crippen molar-refractivity contribution in [2.24, 2.45) is 0 Å². The van der Waals surface area contributed by atoms with Crippen LogP contribution >= 0.6 is 31.9 Å². The molecule has 0 fully saturated rings. The number of esters is 1. The molecule has 5 nitrogen and oxygen atoms in total. The van der Waals surface area contributed by atoms with Crippen molar-refractivity contribution in [1.82, 2.24) is 5.32 Å². The van der Waals surface area contributed by atoms with Crippen molar-refractivity contribution in [2.75, 3.05) is 13.7 Å². The lowest BCUT2D eigenvalue weighted by molar-refractivity contribution is -0.136. The maximum absolute atomic E-state index is 13.4. The minimum atomic E-state index is -0.572. The SMILES string of the molecule is CCOc1c(Br)cc([C@H]2C(C(=O)OC)=C(C)NC3=C2C(=O)c2ccccc23)cc1Br. The molecule has 2 aromatic carbocycles. The van der Waals surface area contributed by atoms with Gasteiger partial charge >= 0.3 is 5.97 Å². The second-order valence-corrected chi connectivity index (χ2v) is 8.71. The third-order valence-electron chi connectivity index (χ3n) is 5.30. The molecule has 0 spiro atoms. The highest BCUT2D eigenvalue weighted by Crippen LogP contribution is 2.48. The van der Waals surface area contributed by atoms with Gasteiger partial charge in [-0.1, -0.05) is 24.3 Å². The van der Waals surface area contributed by atoms with Crippen LogP contribution in [-0.2, 0) is 9.53 Å². The van der Waals surface area contributed by atoms with Gasteiger partial charge < -0.3 is 14.8 Å². The Kier molecular flexibility index (Phi) is 5.59. The number of hydrogen-bond acceptors (Lipinski definition) is 5. The Morgan fingerprint density at radius 2 is 1.77 bits per heavy atom. The molecule has 0 bridgehead atoms. The van der Waals surface area contributed by atoms with E-state index in [1.54, 1.807) is 0 Å². The molecule has 30 heavy (non-hydrogen) atoms. The van der Waals surface area contributed by atoms with E-state index in [1.165, 1.54) is 7.11 Å². The number of hydrogen-bond donors (Lipinski definition) is 1. The van der Waals surface area contributed by atoms with Crippen LogP contribution in [0.5, 0.6) is 5.75 Å². The number of ether oxygens (including phenoxy) is 2. The number of carbonyl (C=O) groups excluding carboxylic acids is 2. The minimum Gasteiger partial charge on any atom is -0.492 e. The number of dihydropyridines is 1. The molecule has 7 heteroatoms. The van der Waals surface area contributed by atoms with Gasteiger partial charge in [0.2, 0.25) is 0 Å². The second kappa shape index (κ2) is 8.04. The normalized spacial score (nSPS) is 17.5. The van der Waals surface area contributed by atoms with Crippen LogP contribution in [0.3, 0.4) is 0 Å². The molecule has 0 radical (unpaired) electrons. The van der Waals surface area contributed by atoms with E-state index in [0.717, 1.165) is 25.8 Å². The van der Waals surface area contributed by atoms with Crippen LogP contribution in [0, 0.1) is 0 Å². The van der Waals surface area contributed by atoms with E-state index in [4.69, 9.17) is 9.47 Å². The fourth-order valence-corrected chi connectivity index (χ4v) is 5.52. The van der Waals surface area contributed by atoms with E-state index >= 15 is 0 Å². The number of nitrogens with one attached hydrogen (secondary N) is 1. The zero-order chi connectivity index (χ0) is 21.6. The highest BCUT2D eigenvalue weighted by atomic mass is 79.9. The number of Topliss-reactive ketones (excluding diaryl/α,β-unsaturated/α-hetero) is 1. The van der Waals surface area contributed by atoms with Crippen LogP contribution in [0.2, 0.25) is 0 Å². The molecule has 2 aromatic rings. The number of rotatable bonds is 4. The van der Waals surface area contributed by atoms with Gasteiger partial charge in [-0.3, -0.25) is 4.79 Å². The molecule has 2 aliphatic rings. The van der Waals surface area contributed by atoms with E-state index in [-0.39, 0.29) is 5.78 Å². The quantitative estimate of drug-likeness (QED) is 0.537. The molecular formula is C23H19Br2NO4. The highest BCUT2D eigenvalue weighted by molar-refractivity contribution is 9.11. The lowest BCUT2D eigenvalue weighted by Gasteiger charge is -2.29. The maximum Gasteiger partial charge on any atom is 0.336 e.